The van der Waals surface area contributed by atoms with Crippen LogP contribution in [0.15, 0.2) is 29.0 Å². The Kier molecular flexibility index (Phi) is 4.34. The highest BCUT2D eigenvalue weighted by atomic mass is 79.9. The first-order chi connectivity index (χ1) is 10.5. The van der Waals surface area contributed by atoms with Crippen LogP contribution in [0.1, 0.15) is 28.9 Å². The standard InChI is InChI=1S/C17H20BrN3O/c1-12-4-3-5-13(10-12)6-7-16(22)21-9-8-14-15(11-21)20(2)17(18)19-14/h3-5,10H,6-9,11H2,1-2H3. The number of imidazole rings is 1. The fraction of sp³-hybridized carbons (Fsp3) is 0.412. The third-order valence-electron chi connectivity index (χ3n) is 4.26. The molecule has 0 radical (unpaired) electrons. The molecule has 0 unspecified atom stereocenters. The topological polar surface area (TPSA) is 38.1 Å². The second-order valence-corrected chi connectivity index (χ2v) is 6.60. The van der Waals surface area contributed by atoms with Crippen LogP contribution in [0.2, 0.25) is 0 Å². The minimum absolute atomic E-state index is 0.226. The lowest BCUT2D eigenvalue weighted by molar-refractivity contribution is -0.132. The van der Waals surface area contributed by atoms with Crippen LogP contribution < -0.4 is 0 Å². The maximum atomic E-state index is 12.5. The Hall–Kier alpha value is -1.62. The van der Waals surface area contributed by atoms with Gasteiger partial charge in [0, 0.05) is 26.4 Å². The molecule has 5 heteroatoms. The number of hydrogen-bond acceptors (Lipinski definition) is 2. The highest BCUT2D eigenvalue weighted by molar-refractivity contribution is 9.10. The average molecular weight is 362 g/mol. The van der Waals surface area contributed by atoms with Crippen molar-refractivity contribution in [2.45, 2.75) is 32.7 Å². The van der Waals surface area contributed by atoms with Crippen LogP contribution in [0.3, 0.4) is 0 Å². The molecule has 1 aromatic heterocycles. The van der Waals surface area contributed by atoms with E-state index in [4.69, 9.17) is 0 Å². The molecule has 1 aliphatic rings. The van der Waals surface area contributed by atoms with Crippen LogP contribution in [0.5, 0.6) is 0 Å². The van der Waals surface area contributed by atoms with E-state index in [9.17, 15) is 4.79 Å². The molecule has 0 aliphatic carbocycles. The molecular formula is C17H20BrN3O. The molecule has 0 bridgehead atoms. The number of halogens is 1. The van der Waals surface area contributed by atoms with E-state index in [0.29, 0.717) is 13.0 Å². The predicted molar refractivity (Wildman–Crippen MR) is 89.5 cm³/mol. The number of amides is 1. The Bertz CT molecular complexity index is 708. The highest BCUT2D eigenvalue weighted by Gasteiger charge is 2.24. The Morgan fingerprint density at radius 3 is 3.00 bits per heavy atom. The summed E-state index contributed by atoms with van der Waals surface area (Å²) in [5.74, 6) is 0.226. The van der Waals surface area contributed by atoms with E-state index >= 15 is 0 Å². The van der Waals surface area contributed by atoms with Crippen LogP contribution in [-0.4, -0.2) is 26.9 Å². The van der Waals surface area contributed by atoms with E-state index in [0.717, 1.165) is 35.5 Å². The molecule has 0 N–H and O–H groups in total. The number of rotatable bonds is 3. The number of hydrogen-bond donors (Lipinski definition) is 0. The van der Waals surface area contributed by atoms with Gasteiger partial charge < -0.3 is 9.47 Å². The van der Waals surface area contributed by atoms with Crippen molar-refractivity contribution in [1.82, 2.24) is 14.5 Å². The van der Waals surface area contributed by atoms with Gasteiger partial charge in [-0.2, -0.15) is 0 Å². The largest absolute Gasteiger partial charge is 0.336 e. The summed E-state index contributed by atoms with van der Waals surface area (Å²) < 4.78 is 2.86. The van der Waals surface area contributed by atoms with Crippen LogP contribution in [-0.2, 0) is 31.2 Å². The fourth-order valence-corrected chi connectivity index (χ4v) is 3.37. The summed E-state index contributed by atoms with van der Waals surface area (Å²) in [4.78, 5) is 18.9. The minimum Gasteiger partial charge on any atom is -0.336 e. The molecule has 116 valence electrons. The van der Waals surface area contributed by atoms with Crippen LogP contribution in [0.25, 0.3) is 0 Å². The summed E-state index contributed by atoms with van der Waals surface area (Å²) in [5.41, 5.74) is 4.72. The normalized spacial score (nSPS) is 14.0. The molecule has 1 amide bonds. The monoisotopic (exact) mass is 361 g/mol. The van der Waals surface area contributed by atoms with Crippen LogP contribution in [0.4, 0.5) is 0 Å². The molecule has 2 aromatic rings. The predicted octanol–water partition coefficient (Wildman–Crippen LogP) is 3.01. The molecule has 0 saturated carbocycles. The molecular weight excluding hydrogens is 342 g/mol. The van der Waals surface area contributed by atoms with Crippen molar-refractivity contribution in [3.63, 3.8) is 0 Å². The van der Waals surface area contributed by atoms with E-state index in [-0.39, 0.29) is 5.91 Å². The zero-order valence-corrected chi connectivity index (χ0v) is 14.6. The van der Waals surface area contributed by atoms with E-state index in [1.165, 1.54) is 11.1 Å². The van der Waals surface area contributed by atoms with Gasteiger partial charge in [0.2, 0.25) is 5.91 Å². The van der Waals surface area contributed by atoms with Crippen LogP contribution >= 0.6 is 15.9 Å². The number of benzene rings is 1. The first-order valence-corrected chi connectivity index (χ1v) is 8.37. The first-order valence-electron chi connectivity index (χ1n) is 7.58. The van der Waals surface area contributed by atoms with Gasteiger partial charge in [-0.05, 0) is 34.8 Å². The molecule has 0 atom stereocenters. The Morgan fingerprint density at radius 1 is 1.41 bits per heavy atom. The number of nitrogens with zero attached hydrogens (tertiary/aromatic N) is 3. The van der Waals surface area contributed by atoms with Gasteiger partial charge >= 0.3 is 0 Å². The third-order valence-corrected chi connectivity index (χ3v) is 4.97. The number of aromatic nitrogens is 2. The van der Waals surface area contributed by atoms with Gasteiger partial charge in [0.15, 0.2) is 4.73 Å². The lowest BCUT2D eigenvalue weighted by Crippen LogP contribution is -2.36. The first kappa shape index (κ1) is 15.3. The summed E-state index contributed by atoms with van der Waals surface area (Å²) in [6.07, 6.45) is 2.21. The zero-order valence-electron chi connectivity index (χ0n) is 13.0. The van der Waals surface area contributed by atoms with Gasteiger partial charge in [-0.3, -0.25) is 4.79 Å². The molecule has 22 heavy (non-hydrogen) atoms. The molecule has 2 heterocycles. The smallest absolute Gasteiger partial charge is 0.223 e. The van der Waals surface area contributed by atoms with Crippen molar-refractivity contribution < 1.29 is 4.79 Å². The van der Waals surface area contributed by atoms with E-state index in [2.05, 4.69) is 52.1 Å². The van der Waals surface area contributed by atoms with Crippen molar-refractivity contribution in [2.75, 3.05) is 6.54 Å². The summed E-state index contributed by atoms with van der Waals surface area (Å²) >= 11 is 3.45. The van der Waals surface area contributed by atoms with Crippen molar-refractivity contribution in [3.8, 4) is 0 Å². The van der Waals surface area contributed by atoms with Crippen molar-refractivity contribution in [1.29, 1.82) is 0 Å². The Morgan fingerprint density at radius 2 is 2.23 bits per heavy atom. The molecule has 1 aliphatic heterocycles. The lowest BCUT2D eigenvalue weighted by atomic mass is 10.1. The van der Waals surface area contributed by atoms with E-state index < -0.39 is 0 Å². The fourth-order valence-electron chi connectivity index (χ4n) is 2.94. The quantitative estimate of drug-likeness (QED) is 0.842. The van der Waals surface area contributed by atoms with Gasteiger partial charge in [-0.15, -0.1) is 0 Å². The second kappa shape index (κ2) is 6.24. The maximum Gasteiger partial charge on any atom is 0.223 e. The number of fused-ring (bicyclic) bond motifs is 1. The SMILES string of the molecule is Cc1cccc(CCC(=O)N2CCc3nc(Br)n(C)c3C2)c1. The van der Waals surface area contributed by atoms with Gasteiger partial charge in [-0.25, -0.2) is 4.98 Å². The molecule has 4 nitrogen and oxygen atoms in total. The Balaban J connectivity index is 1.63. The van der Waals surface area contributed by atoms with Crippen LogP contribution in [0, 0.1) is 6.92 Å². The second-order valence-electron chi connectivity index (χ2n) is 5.89. The summed E-state index contributed by atoms with van der Waals surface area (Å²) in [5, 5.41) is 0. The Labute approximate surface area is 139 Å². The lowest BCUT2D eigenvalue weighted by Gasteiger charge is -2.27. The number of carbonyl (C=O) groups excluding carboxylic acids is 1. The number of aryl methyl sites for hydroxylation is 2. The van der Waals surface area contributed by atoms with Gasteiger partial charge in [-0.1, -0.05) is 29.8 Å². The van der Waals surface area contributed by atoms with Gasteiger partial charge in [0.05, 0.1) is 17.9 Å². The summed E-state index contributed by atoms with van der Waals surface area (Å²) in [6, 6.07) is 8.37. The summed E-state index contributed by atoms with van der Waals surface area (Å²) in [7, 11) is 1.98. The van der Waals surface area contributed by atoms with Crippen molar-refractivity contribution >= 4 is 21.8 Å². The van der Waals surface area contributed by atoms with E-state index in [1.54, 1.807) is 0 Å². The summed E-state index contributed by atoms with van der Waals surface area (Å²) in [6.45, 7) is 3.51. The zero-order chi connectivity index (χ0) is 15.7. The molecule has 1 aromatic carbocycles. The third kappa shape index (κ3) is 3.09. The van der Waals surface area contributed by atoms with Crippen molar-refractivity contribution in [2.24, 2.45) is 7.05 Å². The minimum atomic E-state index is 0.226. The molecule has 0 fully saturated rings. The average Bonchev–Trinajstić information content (AvgIpc) is 2.79. The van der Waals surface area contributed by atoms with Gasteiger partial charge in [0.25, 0.3) is 0 Å². The van der Waals surface area contributed by atoms with E-state index in [1.807, 2.05) is 16.5 Å². The van der Waals surface area contributed by atoms with Crippen molar-refractivity contribution in [3.05, 3.63) is 51.5 Å². The number of carbonyl (C=O) groups is 1. The van der Waals surface area contributed by atoms with Gasteiger partial charge in [0.1, 0.15) is 0 Å². The molecule has 3 rings (SSSR count). The maximum absolute atomic E-state index is 12.5. The molecule has 0 saturated heterocycles. The highest BCUT2D eigenvalue weighted by Crippen LogP contribution is 2.22. The molecule has 0 spiro atoms.